The molecule has 6 nitrogen and oxygen atoms in total. The van der Waals surface area contributed by atoms with Gasteiger partial charge in [0.2, 0.25) is 10.0 Å². The molecule has 0 bridgehead atoms. The molecule has 1 saturated heterocycles. The average Bonchev–Trinajstić information content (AvgIpc) is 2.54. The van der Waals surface area contributed by atoms with Gasteiger partial charge in [0.1, 0.15) is 5.75 Å². The van der Waals surface area contributed by atoms with Gasteiger partial charge in [-0.25, -0.2) is 8.42 Å². The molecule has 0 spiro atoms. The minimum atomic E-state index is -3.21. The number of halogens is 1. The lowest BCUT2D eigenvalue weighted by molar-refractivity contribution is 0.0698. The van der Waals surface area contributed by atoms with E-state index in [1.54, 1.807) is 23.1 Å². The highest BCUT2D eigenvalue weighted by molar-refractivity contribution is 7.89. The molecule has 8 heteroatoms. The van der Waals surface area contributed by atoms with E-state index in [2.05, 4.69) is 0 Å². The number of methoxy groups -OCH3 is 1. The molecule has 0 aromatic heterocycles. The lowest BCUT2D eigenvalue weighted by atomic mass is 10.1. The third-order valence-electron chi connectivity index (χ3n) is 3.79. The van der Waals surface area contributed by atoms with E-state index in [9.17, 15) is 13.2 Å². The number of ether oxygens (including phenoxy) is 1. The van der Waals surface area contributed by atoms with Crippen molar-refractivity contribution in [2.24, 2.45) is 0 Å². The van der Waals surface area contributed by atoms with Crippen molar-refractivity contribution in [1.82, 2.24) is 9.21 Å². The molecule has 0 aliphatic carbocycles. The summed E-state index contributed by atoms with van der Waals surface area (Å²) >= 11 is 6.13. The fraction of sp³-hybridized carbons (Fsp3) is 0.533. The Kier molecular flexibility index (Phi) is 5.89. The maximum atomic E-state index is 12.5. The Morgan fingerprint density at radius 2 is 1.91 bits per heavy atom. The molecule has 0 N–H and O–H groups in total. The second-order valence-corrected chi connectivity index (χ2v) is 7.85. The summed E-state index contributed by atoms with van der Waals surface area (Å²) < 4.78 is 30.6. The van der Waals surface area contributed by atoms with Crippen molar-refractivity contribution in [1.29, 1.82) is 0 Å². The maximum absolute atomic E-state index is 12.5. The third kappa shape index (κ3) is 4.16. The standard InChI is InChI=1S/C15H21ClN2O4S/c1-3-10-23(20,21)18-8-6-17(7-9-18)15(19)13-5-4-12(22-2)11-14(13)16/h4-5,11H,3,6-10H2,1-2H3. The quantitative estimate of drug-likeness (QED) is 0.803. The number of rotatable bonds is 5. The van der Waals surface area contributed by atoms with Crippen LogP contribution in [0.2, 0.25) is 5.02 Å². The normalized spacial score (nSPS) is 16.4. The molecule has 128 valence electrons. The van der Waals surface area contributed by atoms with Gasteiger partial charge >= 0.3 is 0 Å². The lowest BCUT2D eigenvalue weighted by Gasteiger charge is -2.34. The molecular formula is C15H21ClN2O4S. The molecule has 1 aromatic carbocycles. The first-order valence-electron chi connectivity index (χ1n) is 7.49. The summed E-state index contributed by atoms with van der Waals surface area (Å²) in [6, 6.07) is 4.90. The molecule has 0 unspecified atom stereocenters. The molecular weight excluding hydrogens is 340 g/mol. The molecule has 1 aromatic rings. The van der Waals surface area contributed by atoms with Crippen LogP contribution < -0.4 is 4.74 Å². The average molecular weight is 361 g/mol. The Hall–Kier alpha value is -1.31. The smallest absolute Gasteiger partial charge is 0.255 e. The highest BCUT2D eigenvalue weighted by Gasteiger charge is 2.29. The Morgan fingerprint density at radius 3 is 2.43 bits per heavy atom. The van der Waals surface area contributed by atoms with Gasteiger partial charge in [0.15, 0.2) is 0 Å². The van der Waals surface area contributed by atoms with Gasteiger partial charge in [0.05, 0.1) is 23.4 Å². The van der Waals surface area contributed by atoms with Crippen LogP contribution in [-0.4, -0.2) is 62.6 Å². The maximum Gasteiger partial charge on any atom is 0.255 e. The first-order valence-corrected chi connectivity index (χ1v) is 9.48. The van der Waals surface area contributed by atoms with E-state index in [-0.39, 0.29) is 11.7 Å². The molecule has 1 aliphatic rings. The monoisotopic (exact) mass is 360 g/mol. The Balaban J connectivity index is 2.04. The fourth-order valence-electron chi connectivity index (χ4n) is 2.52. The zero-order valence-electron chi connectivity index (χ0n) is 13.3. The molecule has 1 amide bonds. The summed E-state index contributed by atoms with van der Waals surface area (Å²) in [5, 5.41) is 0.329. The number of benzene rings is 1. The van der Waals surface area contributed by atoms with Gasteiger partial charge in [-0.15, -0.1) is 0 Å². The largest absolute Gasteiger partial charge is 0.497 e. The highest BCUT2D eigenvalue weighted by atomic mass is 35.5. The van der Waals surface area contributed by atoms with Gasteiger partial charge < -0.3 is 9.64 Å². The van der Waals surface area contributed by atoms with E-state index >= 15 is 0 Å². The van der Waals surface area contributed by atoms with Crippen LogP contribution in [0.1, 0.15) is 23.7 Å². The number of hydrogen-bond acceptors (Lipinski definition) is 4. The van der Waals surface area contributed by atoms with Crippen LogP contribution in [0.4, 0.5) is 0 Å². The predicted octanol–water partition coefficient (Wildman–Crippen LogP) is 1.85. The van der Waals surface area contributed by atoms with Crippen molar-refractivity contribution in [3.63, 3.8) is 0 Å². The lowest BCUT2D eigenvalue weighted by Crippen LogP contribution is -2.51. The van der Waals surface area contributed by atoms with E-state index < -0.39 is 10.0 Å². The highest BCUT2D eigenvalue weighted by Crippen LogP contribution is 2.24. The molecule has 1 heterocycles. The van der Waals surface area contributed by atoms with E-state index in [1.807, 2.05) is 6.92 Å². The van der Waals surface area contributed by atoms with Gasteiger partial charge in [-0.05, 0) is 24.6 Å². The predicted molar refractivity (Wildman–Crippen MR) is 89.6 cm³/mol. The van der Waals surface area contributed by atoms with Crippen LogP contribution in [-0.2, 0) is 10.0 Å². The van der Waals surface area contributed by atoms with E-state index in [0.717, 1.165) is 0 Å². The van der Waals surface area contributed by atoms with Crippen molar-refractivity contribution >= 4 is 27.5 Å². The minimum absolute atomic E-state index is 0.144. The molecule has 2 rings (SSSR count). The van der Waals surface area contributed by atoms with Crippen LogP contribution in [0, 0.1) is 0 Å². The minimum Gasteiger partial charge on any atom is -0.497 e. The second kappa shape index (κ2) is 7.51. The Bertz CT molecular complexity index is 670. The fourth-order valence-corrected chi connectivity index (χ4v) is 4.27. The molecule has 23 heavy (non-hydrogen) atoms. The second-order valence-electron chi connectivity index (χ2n) is 5.35. The van der Waals surface area contributed by atoms with Crippen molar-refractivity contribution < 1.29 is 17.9 Å². The van der Waals surface area contributed by atoms with Crippen molar-refractivity contribution in [3.05, 3.63) is 28.8 Å². The van der Waals surface area contributed by atoms with Gasteiger partial charge in [-0.1, -0.05) is 18.5 Å². The van der Waals surface area contributed by atoms with Crippen LogP contribution >= 0.6 is 11.6 Å². The summed E-state index contributed by atoms with van der Waals surface area (Å²) in [6.45, 7) is 3.21. The first-order chi connectivity index (χ1) is 10.9. The summed E-state index contributed by atoms with van der Waals surface area (Å²) in [5.74, 6) is 0.540. The summed E-state index contributed by atoms with van der Waals surface area (Å²) in [7, 11) is -1.68. The summed E-state index contributed by atoms with van der Waals surface area (Å²) in [5.41, 5.74) is 0.400. The molecule has 0 radical (unpaired) electrons. The van der Waals surface area contributed by atoms with Crippen LogP contribution in [0.5, 0.6) is 5.75 Å². The number of carbonyl (C=O) groups is 1. The third-order valence-corrected chi connectivity index (χ3v) is 6.18. The van der Waals surface area contributed by atoms with Crippen molar-refractivity contribution in [2.75, 3.05) is 39.0 Å². The van der Waals surface area contributed by atoms with Crippen LogP contribution in [0.25, 0.3) is 0 Å². The summed E-state index contributed by atoms with van der Waals surface area (Å²) in [4.78, 5) is 14.2. The van der Waals surface area contributed by atoms with Crippen LogP contribution in [0.3, 0.4) is 0 Å². The first kappa shape index (κ1) is 18.0. The van der Waals surface area contributed by atoms with E-state index in [0.29, 0.717) is 48.9 Å². The zero-order chi connectivity index (χ0) is 17.0. The number of sulfonamides is 1. The van der Waals surface area contributed by atoms with E-state index in [4.69, 9.17) is 16.3 Å². The SMILES string of the molecule is CCCS(=O)(=O)N1CCN(C(=O)c2ccc(OC)cc2Cl)CC1. The van der Waals surface area contributed by atoms with Gasteiger partial charge in [0.25, 0.3) is 5.91 Å². The van der Waals surface area contributed by atoms with Crippen LogP contribution in [0.15, 0.2) is 18.2 Å². The van der Waals surface area contributed by atoms with Gasteiger partial charge in [-0.3, -0.25) is 4.79 Å². The number of carbonyl (C=O) groups excluding carboxylic acids is 1. The number of hydrogen-bond donors (Lipinski definition) is 0. The van der Waals surface area contributed by atoms with Crippen molar-refractivity contribution in [2.45, 2.75) is 13.3 Å². The number of piperazine rings is 1. The van der Waals surface area contributed by atoms with Gasteiger partial charge in [-0.2, -0.15) is 4.31 Å². The number of amides is 1. The Morgan fingerprint density at radius 1 is 1.26 bits per heavy atom. The molecule has 0 atom stereocenters. The number of nitrogens with zero attached hydrogens (tertiary/aromatic N) is 2. The van der Waals surface area contributed by atoms with Gasteiger partial charge in [0, 0.05) is 26.2 Å². The summed E-state index contributed by atoms with van der Waals surface area (Å²) in [6.07, 6.45) is 0.586. The van der Waals surface area contributed by atoms with Crippen molar-refractivity contribution in [3.8, 4) is 5.75 Å². The molecule has 1 fully saturated rings. The topological polar surface area (TPSA) is 66.9 Å². The Labute approximate surface area is 142 Å². The van der Waals surface area contributed by atoms with E-state index in [1.165, 1.54) is 11.4 Å². The molecule has 0 saturated carbocycles. The molecule has 1 aliphatic heterocycles. The zero-order valence-corrected chi connectivity index (χ0v) is 14.9.